The number of carboxylic acid groups (broad SMARTS) is 1. The number of Topliss-reactive ketones (excluding diaryl/α,β-unsaturated/α-hetero) is 1. The lowest BCUT2D eigenvalue weighted by Gasteiger charge is -2.21. The van der Waals surface area contributed by atoms with E-state index in [4.69, 9.17) is 22.3 Å². The number of carbonyl (C=O) groups is 3. The SMILES string of the molecule is NCCCC(C(=O)[C@@H](N)CCC(=O)O)[C@H](N)C=O. The van der Waals surface area contributed by atoms with Crippen molar-refractivity contribution >= 4 is 18.0 Å². The van der Waals surface area contributed by atoms with E-state index >= 15 is 0 Å². The largest absolute Gasteiger partial charge is 0.481 e. The van der Waals surface area contributed by atoms with Crippen LogP contribution in [0.4, 0.5) is 0 Å². The zero-order valence-electron chi connectivity index (χ0n) is 10.2. The highest BCUT2D eigenvalue weighted by molar-refractivity contribution is 5.89. The normalized spacial score (nSPS) is 15.7. The molecule has 0 rings (SSSR count). The molecule has 7 N–H and O–H groups in total. The van der Waals surface area contributed by atoms with E-state index in [2.05, 4.69) is 0 Å². The molecule has 3 atom stereocenters. The van der Waals surface area contributed by atoms with Crippen LogP contribution in [0, 0.1) is 5.92 Å². The summed E-state index contributed by atoms with van der Waals surface area (Å²) in [6.45, 7) is 0.389. The van der Waals surface area contributed by atoms with Gasteiger partial charge in [-0.1, -0.05) is 0 Å². The summed E-state index contributed by atoms with van der Waals surface area (Å²) in [5, 5.41) is 8.52. The number of hydrogen-bond donors (Lipinski definition) is 4. The number of carboxylic acids is 1. The highest BCUT2D eigenvalue weighted by Crippen LogP contribution is 2.14. The zero-order valence-corrected chi connectivity index (χ0v) is 10.2. The summed E-state index contributed by atoms with van der Waals surface area (Å²) in [7, 11) is 0. The summed E-state index contributed by atoms with van der Waals surface area (Å²) in [6, 6.07) is -1.82. The van der Waals surface area contributed by atoms with Gasteiger partial charge in [0.1, 0.15) is 6.29 Å². The number of carbonyl (C=O) groups excluding carboxylic acids is 2. The van der Waals surface area contributed by atoms with Crippen molar-refractivity contribution in [3.8, 4) is 0 Å². The molecule has 0 amide bonds. The third kappa shape index (κ3) is 5.85. The second-order valence-electron chi connectivity index (χ2n) is 4.19. The van der Waals surface area contributed by atoms with Crippen molar-refractivity contribution in [1.82, 2.24) is 0 Å². The van der Waals surface area contributed by atoms with Crippen LogP contribution in [0.1, 0.15) is 25.7 Å². The lowest BCUT2D eigenvalue weighted by Crippen LogP contribution is -2.45. The average molecular weight is 259 g/mol. The minimum atomic E-state index is -1.02. The van der Waals surface area contributed by atoms with Gasteiger partial charge in [-0.15, -0.1) is 0 Å². The first-order valence-electron chi connectivity index (χ1n) is 5.86. The monoisotopic (exact) mass is 259 g/mol. The quantitative estimate of drug-likeness (QED) is 0.353. The van der Waals surface area contributed by atoms with E-state index in [1.54, 1.807) is 0 Å². The maximum atomic E-state index is 12.0. The summed E-state index contributed by atoms with van der Waals surface area (Å²) in [4.78, 5) is 33.0. The molecule has 0 aliphatic heterocycles. The molecular weight excluding hydrogens is 238 g/mol. The van der Waals surface area contributed by atoms with Crippen molar-refractivity contribution in [3.05, 3.63) is 0 Å². The fraction of sp³-hybridized carbons (Fsp3) is 0.727. The van der Waals surface area contributed by atoms with Crippen molar-refractivity contribution in [3.63, 3.8) is 0 Å². The first-order chi connectivity index (χ1) is 8.43. The van der Waals surface area contributed by atoms with Crippen molar-refractivity contribution in [2.45, 2.75) is 37.8 Å². The van der Waals surface area contributed by atoms with E-state index in [0.29, 0.717) is 25.7 Å². The van der Waals surface area contributed by atoms with Crippen molar-refractivity contribution in [2.75, 3.05) is 6.54 Å². The number of hydrogen-bond acceptors (Lipinski definition) is 6. The average Bonchev–Trinajstić information content (AvgIpc) is 2.35. The van der Waals surface area contributed by atoms with E-state index in [9.17, 15) is 14.4 Å². The fourth-order valence-corrected chi connectivity index (χ4v) is 1.65. The van der Waals surface area contributed by atoms with Crippen LogP contribution in [0.15, 0.2) is 0 Å². The Morgan fingerprint density at radius 3 is 2.28 bits per heavy atom. The molecule has 0 heterocycles. The van der Waals surface area contributed by atoms with Gasteiger partial charge in [0, 0.05) is 12.3 Å². The summed E-state index contributed by atoms with van der Waals surface area (Å²) >= 11 is 0. The summed E-state index contributed by atoms with van der Waals surface area (Å²) in [5.74, 6) is -2.07. The molecule has 7 nitrogen and oxygen atoms in total. The summed E-state index contributed by atoms with van der Waals surface area (Å²) in [5.41, 5.74) is 16.5. The molecule has 0 spiro atoms. The third-order valence-electron chi connectivity index (χ3n) is 2.74. The number of rotatable bonds is 10. The Hall–Kier alpha value is -1.31. The van der Waals surface area contributed by atoms with E-state index in [-0.39, 0.29) is 18.6 Å². The predicted molar refractivity (Wildman–Crippen MR) is 65.7 cm³/mol. The first kappa shape index (κ1) is 16.7. The standard InChI is InChI=1S/C11H21N3O4/c12-5-1-2-7(9(14)6-15)11(18)8(13)3-4-10(16)17/h6-9H,1-5,12-14H2,(H,16,17)/t7?,8-,9+/m0/s1. The fourth-order valence-electron chi connectivity index (χ4n) is 1.65. The predicted octanol–water partition coefficient (Wildman–Crippen LogP) is -1.37. The van der Waals surface area contributed by atoms with Crippen LogP contribution >= 0.6 is 0 Å². The molecule has 0 aromatic carbocycles. The Morgan fingerprint density at radius 1 is 1.22 bits per heavy atom. The van der Waals surface area contributed by atoms with E-state index < -0.39 is 24.0 Å². The van der Waals surface area contributed by atoms with Gasteiger partial charge in [0.2, 0.25) is 0 Å². The molecule has 1 unspecified atom stereocenters. The topological polar surface area (TPSA) is 150 Å². The minimum absolute atomic E-state index is 0.0405. The molecule has 0 aliphatic rings. The second-order valence-corrected chi connectivity index (χ2v) is 4.19. The van der Waals surface area contributed by atoms with Gasteiger partial charge < -0.3 is 27.1 Å². The van der Waals surface area contributed by atoms with Crippen molar-refractivity contribution in [2.24, 2.45) is 23.1 Å². The van der Waals surface area contributed by atoms with Crippen LogP contribution in [0.25, 0.3) is 0 Å². The lowest BCUT2D eigenvalue weighted by molar-refractivity contribution is -0.137. The van der Waals surface area contributed by atoms with Gasteiger partial charge in [0.15, 0.2) is 5.78 Å². The van der Waals surface area contributed by atoms with Crippen LogP contribution in [0.2, 0.25) is 0 Å². The van der Waals surface area contributed by atoms with Gasteiger partial charge in [0.05, 0.1) is 12.1 Å². The smallest absolute Gasteiger partial charge is 0.303 e. The Morgan fingerprint density at radius 2 is 1.83 bits per heavy atom. The van der Waals surface area contributed by atoms with Gasteiger partial charge in [-0.05, 0) is 25.8 Å². The Balaban J connectivity index is 4.51. The maximum absolute atomic E-state index is 12.0. The van der Waals surface area contributed by atoms with Crippen LogP contribution in [0.5, 0.6) is 0 Å². The molecule has 7 heteroatoms. The van der Waals surface area contributed by atoms with Crippen molar-refractivity contribution < 1.29 is 19.5 Å². The van der Waals surface area contributed by atoms with Crippen LogP contribution in [0.3, 0.4) is 0 Å². The third-order valence-corrected chi connectivity index (χ3v) is 2.74. The molecule has 0 aromatic rings. The Bertz CT molecular complexity index is 296. The summed E-state index contributed by atoms with van der Waals surface area (Å²) in [6.07, 6.45) is 1.30. The van der Waals surface area contributed by atoms with Gasteiger partial charge in [-0.25, -0.2) is 0 Å². The van der Waals surface area contributed by atoms with Crippen LogP contribution in [-0.4, -0.2) is 41.8 Å². The first-order valence-corrected chi connectivity index (χ1v) is 5.86. The molecule has 0 radical (unpaired) electrons. The second kappa shape index (κ2) is 8.73. The highest BCUT2D eigenvalue weighted by Gasteiger charge is 2.29. The molecule has 0 saturated heterocycles. The molecule has 0 saturated carbocycles. The number of aldehydes is 1. The van der Waals surface area contributed by atoms with Crippen molar-refractivity contribution in [1.29, 1.82) is 0 Å². The number of ketones is 1. The van der Waals surface area contributed by atoms with Crippen LogP contribution < -0.4 is 17.2 Å². The Labute approximate surface area is 106 Å². The van der Waals surface area contributed by atoms with E-state index in [1.807, 2.05) is 0 Å². The maximum Gasteiger partial charge on any atom is 0.303 e. The molecule has 0 fully saturated rings. The van der Waals surface area contributed by atoms with Gasteiger partial charge in [-0.3, -0.25) is 9.59 Å². The van der Waals surface area contributed by atoms with E-state index in [1.165, 1.54) is 0 Å². The molecule has 104 valence electrons. The number of nitrogens with two attached hydrogens (primary N) is 3. The molecule has 0 bridgehead atoms. The minimum Gasteiger partial charge on any atom is -0.481 e. The molecule has 0 aliphatic carbocycles. The summed E-state index contributed by atoms with van der Waals surface area (Å²) < 4.78 is 0. The number of aliphatic carboxylic acids is 1. The molecule has 18 heavy (non-hydrogen) atoms. The lowest BCUT2D eigenvalue weighted by atomic mass is 9.87. The van der Waals surface area contributed by atoms with Crippen LogP contribution in [-0.2, 0) is 14.4 Å². The molecule has 0 aromatic heterocycles. The van der Waals surface area contributed by atoms with Gasteiger partial charge in [0.25, 0.3) is 0 Å². The van der Waals surface area contributed by atoms with E-state index in [0.717, 1.165) is 0 Å². The molecular formula is C11H21N3O4. The van der Waals surface area contributed by atoms with Gasteiger partial charge in [-0.2, -0.15) is 0 Å². The van der Waals surface area contributed by atoms with Gasteiger partial charge >= 0.3 is 5.97 Å². The highest BCUT2D eigenvalue weighted by atomic mass is 16.4. The Kier molecular flexibility index (Phi) is 8.10. The zero-order chi connectivity index (χ0) is 14.1.